The molecule has 2 N–H and O–H groups in total. The summed E-state index contributed by atoms with van der Waals surface area (Å²) < 4.78 is 28.1. The third-order valence-electron chi connectivity index (χ3n) is 4.00. The summed E-state index contributed by atoms with van der Waals surface area (Å²) in [5.41, 5.74) is 1.22. The Morgan fingerprint density at radius 3 is 2.54 bits per heavy atom. The van der Waals surface area contributed by atoms with Crippen molar-refractivity contribution >= 4 is 33.5 Å². The van der Waals surface area contributed by atoms with Crippen molar-refractivity contribution in [2.75, 3.05) is 11.9 Å². The Balaban J connectivity index is 1.74. The van der Waals surface area contributed by atoms with Crippen LogP contribution >= 0.6 is 11.6 Å². The first-order chi connectivity index (χ1) is 13.4. The molecule has 1 amide bonds. The number of sulfonamides is 1. The lowest BCUT2D eigenvalue weighted by atomic mass is 10.2. The van der Waals surface area contributed by atoms with Crippen molar-refractivity contribution in [2.24, 2.45) is 0 Å². The molecule has 0 aliphatic rings. The maximum Gasteiger partial charge on any atom is 0.257 e. The van der Waals surface area contributed by atoms with E-state index in [1.807, 2.05) is 18.2 Å². The summed E-state index contributed by atoms with van der Waals surface area (Å²) in [5, 5.41) is 3.37. The van der Waals surface area contributed by atoms with Crippen LogP contribution in [0.15, 0.2) is 65.8 Å². The van der Waals surface area contributed by atoms with Gasteiger partial charge in [-0.25, -0.2) is 18.1 Å². The molecule has 0 saturated carbocycles. The Bertz CT molecular complexity index is 1080. The molecule has 0 atom stereocenters. The molecule has 0 radical (unpaired) electrons. The maximum atomic E-state index is 12.5. The van der Waals surface area contributed by atoms with E-state index in [-0.39, 0.29) is 10.8 Å². The van der Waals surface area contributed by atoms with Gasteiger partial charge in [-0.15, -0.1) is 0 Å². The van der Waals surface area contributed by atoms with Gasteiger partial charge in [-0.1, -0.05) is 36.7 Å². The molecule has 0 aliphatic carbocycles. The Morgan fingerprint density at radius 1 is 1.14 bits per heavy atom. The van der Waals surface area contributed by atoms with Crippen molar-refractivity contribution in [1.29, 1.82) is 0 Å². The van der Waals surface area contributed by atoms with Gasteiger partial charge in [-0.2, -0.15) is 0 Å². The molecule has 0 fully saturated rings. The van der Waals surface area contributed by atoms with Crippen molar-refractivity contribution in [2.45, 2.75) is 18.4 Å². The number of nitrogens with zero attached hydrogens (tertiary/aromatic N) is 2. The Labute approximate surface area is 168 Å². The molecule has 1 aromatic heterocycles. The summed E-state index contributed by atoms with van der Waals surface area (Å²) in [6.07, 6.45) is 3.32. The predicted molar refractivity (Wildman–Crippen MR) is 108 cm³/mol. The molecule has 9 heteroatoms. The van der Waals surface area contributed by atoms with E-state index >= 15 is 0 Å². The minimum Gasteiger partial charge on any atom is -0.313 e. The van der Waals surface area contributed by atoms with Gasteiger partial charge in [0.05, 0.1) is 11.4 Å². The van der Waals surface area contributed by atoms with Crippen LogP contribution in [0.1, 0.15) is 22.8 Å². The van der Waals surface area contributed by atoms with Gasteiger partial charge in [-0.3, -0.25) is 10.1 Å². The van der Waals surface area contributed by atoms with E-state index in [0.29, 0.717) is 29.6 Å². The van der Waals surface area contributed by atoms with Crippen LogP contribution < -0.4 is 10.0 Å². The number of carbonyl (C=O) groups excluding carboxylic acids is 1. The number of rotatable bonds is 7. The molecule has 146 valence electrons. The SMILES string of the molecule is CCNS(=O)(=O)c1ccc(C(=O)Nc2nccn2Cc2ccccc2Cl)cc1. The number of anilines is 1. The summed E-state index contributed by atoms with van der Waals surface area (Å²) in [4.78, 5) is 16.8. The van der Waals surface area contributed by atoms with E-state index in [4.69, 9.17) is 11.6 Å². The first-order valence-electron chi connectivity index (χ1n) is 8.56. The quantitative estimate of drug-likeness (QED) is 0.616. The highest BCUT2D eigenvalue weighted by atomic mass is 35.5. The highest BCUT2D eigenvalue weighted by Gasteiger charge is 2.15. The van der Waals surface area contributed by atoms with Crippen LogP contribution in [0.3, 0.4) is 0 Å². The van der Waals surface area contributed by atoms with Gasteiger partial charge in [0.25, 0.3) is 5.91 Å². The number of benzene rings is 2. The van der Waals surface area contributed by atoms with Crippen molar-refractivity contribution in [3.05, 3.63) is 77.1 Å². The molecule has 0 saturated heterocycles. The van der Waals surface area contributed by atoms with Crippen molar-refractivity contribution < 1.29 is 13.2 Å². The van der Waals surface area contributed by atoms with E-state index < -0.39 is 10.0 Å². The van der Waals surface area contributed by atoms with Crippen LogP contribution in [0.25, 0.3) is 0 Å². The largest absolute Gasteiger partial charge is 0.313 e. The molecule has 2 aromatic carbocycles. The van der Waals surface area contributed by atoms with Crippen LogP contribution in [0.4, 0.5) is 5.95 Å². The fraction of sp³-hybridized carbons (Fsp3) is 0.158. The molecule has 0 bridgehead atoms. The molecule has 3 rings (SSSR count). The number of amides is 1. The lowest BCUT2D eigenvalue weighted by molar-refractivity contribution is 0.102. The Hall–Kier alpha value is -2.68. The lowest BCUT2D eigenvalue weighted by Crippen LogP contribution is -2.23. The first-order valence-corrected chi connectivity index (χ1v) is 10.4. The maximum absolute atomic E-state index is 12.5. The molecule has 0 aliphatic heterocycles. The van der Waals surface area contributed by atoms with E-state index in [1.54, 1.807) is 30.0 Å². The lowest BCUT2D eigenvalue weighted by Gasteiger charge is -2.10. The normalized spacial score (nSPS) is 11.4. The van der Waals surface area contributed by atoms with Gasteiger partial charge >= 0.3 is 0 Å². The predicted octanol–water partition coefficient (Wildman–Crippen LogP) is 3.14. The molecular formula is C19H19ClN4O3S. The van der Waals surface area contributed by atoms with Gasteiger partial charge in [0.15, 0.2) is 0 Å². The molecular weight excluding hydrogens is 400 g/mol. The minimum atomic E-state index is -3.56. The summed E-state index contributed by atoms with van der Waals surface area (Å²) in [7, 11) is -3.56. The number of carbonyl (C=O) groups is 1. The first kappa shape index (κ1) is 20.1. The molecule has 7 nitrogen and oxygen atoms in total. The number of imidazole rings is 1. The van der Waals surface area contributed by atoms with Gasteiger partial charge < -0.3 is 4.57 Å². The molecule has 0 unspecified atom stereocenters. The highest BCUT2D eigenvalue weighted by Crippen LogP contribution is 2.18. The average Bonchev–Trinajstić information content (AvgIpc) is 3.10. The van der Waals surface area contributed by atoms with Crippen LogP contribution in [0.2, 0.25) is 5.02 Å². The van der Waals surface area contributed by atoms with E-state index in [2.05, 4.69) is 15.0 Å². The summed E-state index contributed by atoms with van der Waals surface area (Å²) >= 11 is 6.19. The summed E-state index contributed by atoms with van der Waals surface area (Å²) in [6, 6.07) is 13.1. The molecule has 0 spiro atoms. The third-order valence-corrected chi connectivity index (χ3v) is 5.93. The highest BCUT2D eigenvalue weighted by molar-refractivity contribution is 7.89. The van der Waals surface area contributed by atoms with E-state index in [9.17, 15) is 13.2 Å². The van der Waals surface area contributed by atoms with Gasteiger partial charge in [0.1, 0.15) is 0 Å². The van der Waals surface area contributed by atoms with E-state index in [0.717, 1.165) is 5.56 Å². The number of hydrogen-bond donors (Lipinski definition) is 2. The third kappa shape index (κ3) is 4.59. The van der Waals surface area contributed by atoms with Crippen LogP contribution in [0, 0.1) is 0 Å². The fourth-order valence-corrected chi connectivity index (χ4v) is 3.84. The second-order valence-electron chi connectivity index (χ2n) is 5.95. The summed E-state index contributed by atoms with van der Waals surface area (Å²) in [6.45, 7) is 2.44. The number of hydrogen-bond acceptors (Lipinski definition) is 4. The topological polar surface area (TPSA) is 93.1 Å². The van der Waals surface area contributed by atoms with Gasteiger partial charge in [0.2, 0.25) is 16.0 Å². The number of nitrogens with one attached hydrogen (secondary N) is 2. The van der Waals surface area contributed by atoms with Crippen LogP contribution in [-0.2, 0) is 16.6 Å². The van der Waals surface area contributed by atoms with Crippen LogP contribution in [0.5, 0.6) is 0 Å². The monoisotopic (exact) mass is 418 g/mol. The van der Waals surface area contributed by atoms with Gasteiger partial charge in [0, 0.05) is 29.5 Å². The standard InChI is InChI=1S/C19H19ClN4O3S/c1-2-22-28(26,27)16-9-7-14(8-10-16)18(25)23-19-21-11-12-24(19)13-15-5-3-4-6-17(15)20/h3-12,22H,2,13H2,1H3,(H,21,23,25). The minimum absolute atomic E-state index is 0.103. The zero-order valence-corrected chi connectivity index (χ0v) is 16.7. The molecule has 28 heavy (non-hydrogen) atoms. The van der Waals surface area contributed by atoms with Crippen LogP contribution in [-0.4, -0.2) is 30.4 Å². The second kappa shape index (κ2) is 8.55. The summed E-state index contributed by atoms with van der Waals surface area (Å²) in [5.74, 6) is -0.0201. The zero-order chi connectivity index (χ0) is 20.1. The number of aromatic nitrogens is 2. The van der Waals surface area contributed by atoms with Crippen molar-refractivity contribution in [3.8, 4) is 0 Å². The van der Waals surface area contributed by atoms with Gasteiger partial charge in [-0.05, 0) is 35.9 Å². The average molecular weight is 419 g/mol. The van der Waals surface area contributed by atoms with Crippen molar-refractivity contribution in [3.63, 3.8) is 0 Å². The van der Waals surface area contributed by atoms with E-state index in [1.165, 1.54) is 24.3 Å². The fourth-order valence-electron chi connectivity index (χ4n) is 2.60. The molecule has 3 aromatic rings. The smallest absolute Gasteiger partial charge is 0.257 e. The molecule has 1 heterocycles. The Kier molecular flexibility index (Phi) is 6.13. The Morgan fingerprint density at radius 2 is 1.86 bits per heavy atom. The number of halogens is 1. The van der Waals surface area contributed by atoms with Crippen molar-refractivity contribution in [1.82, 2.24) is 14.3 Å². The second-order valence-corrected chi connectivity index (χ2v) is 8.12. The zero-order valence-electron chi connectivity index (χ0n) is 15.1.